The number of rotatable bonds is 5. The fraction of sp³-hybridized carbons (Fsp3) is 0.333. The van der Waals surface area contributed by atoms with Gasteiger partial charge in [0.05, 0.1) is 25.2 Å². The predicted octanol–water partition coefficient (Wildman–Crippen LogP) is 2.34. The number of hydrogen-bond acceptors (Lipinski definition) is 8. The third-order valence-electron chi connectivity index (χ3n) is 3.35. The molecule has 0 amide bonds. The molecule has 9 heteroatoms. The van der Waals surface area contributed by atoms with Crippen LogP contribution in [0.1, 0.15) is 25.5 Å². The maximum absolute atomic E-state index is 11.9. The smallest absolute Gasteiger partial charge is 0.336 e. The normalized spacial score (nSPS) is 11.8. The number of carbonyl (C=O) groups is 1. The van der Waals surface area contributed by atoms with Crippen LogP contribution in [0.4, 0.5) is 5.69 Å². The molecular formula is C15H15NO8. The molecule has 0 saturated carbocycles. The molecule has 0 saturated heterocycles. The van der Waals surface area contributed by atoms with Crippen LogP contribution < -0.4 is 15.1 Å². The number of nitro benzene ring substituents is 1. The predicted molar refractivity (Wildman–Crippen MR) is 82.4 cm³/mol. The average Bonchev–Trinajstić information content (AvgIpc) is 2.51. The van der Waals surface area contributed by atoms with Crippen LogP contribution in [-0.4, -0.2) is 25.1 Å². The second-order valence-electron chi connectivity index (χ2n) is 4.86. The van der Waals surface area contributed by atoms with Crippen molar-refractivity contribution in [2.75, 3.05) is 14.2 Å². The van der Waals surface area contributed by atoms with Crippen molar-refractivity contribution in [3.05, 3.63) is 38.2 Å². The molecule has 0 radical (unpaired) electrons. The van der Waals surface area contributed by atoms with Gasteiger partial charge in [-0.05, 0) is 6.92 Å². The molecule has 0 spiro atoms. The minimum absolute atomic E-state index is 0.00556. The molecule has 2 aromatic rings. The van der Waals surface area contributed by atoms with Gasteiger partial charge in [0.15, 0.2) is 11.3 Å². The zero-order valence-corrected chi connectivity index (χ0v) is 13.4. The summed E-state index contributed by atoms with van der Waals surface area (Å²) < 4.78 is 20.4. The summed E-state index contributed by atoms with van der Waals surface area (Å²) in [4.78, 5) is 33.9. The van der Waals surface area contributed by atoms with Crippen LogP contribution >= 0.6 is 0 Å². The first-order valence-electron chi connectivity index (χ1n) is 6.84. The van der Waals surface area contributed by atoms with E-state index in [2.05, 4.69) is 0 Å². The first-order chi connectivity index (χ1) is 11.3. The topological polar surface area (TPSA) is 118 Å². The molecule has 24 heavy (non-hydrogen) atoms. The van der Waals surface area contributed by atoms with Crippen LogP contribution in [0.15, 0.2) is 21.3 Å². The molecule has 0 aliphatic rings. The largest absolute Gasteiger partial charge is 0.492 e. The maximum atomic E-state index is 11.9. The average molecular weight is 337 g/mol. The van der Waals surface area contributed by atoms with Crippen molar-refractivity contribution >= 4 is 22.6 Å². The lowest BCUT2D eigenvalue weighted by atomic mass is 10.0. The standard InChI is InChI=1S/C15H15NO8/c1-7(23-8(2)17)9-5-12(18)24-15-13(9)10(16(19)20)6-11(21-3)14(15)22-4/h5-7H,1-4H3. The van der Waals surface area contributed by atoms with E-state index >= 15 is 0 Å². The third kappa shape index (κ3) is 3.00. The Balaban J connectivity index is 2.96. The molecule has 2 rings (SSSR count). The Labute approximate surface area is 135 Å². The molecule has 0 aliphatic carbocycles. The fourth-order valence-corrected chi connectivity index (χ4v) is 2.43. The Morgan fingerprint density at radius 2 is 1.96 bits per heavy atom. The van der Waals surface area contributed by atoms with Gasteiger partial charge in [0.2, 0.25) is 5.75 Å². The fourth-order valence-electron chi connectivity index (χ4n) is 2.43. The molecule has 0 aliphatic heterocycles. The Kier molecular flexibility index (Phi) is 4.72. The number of ether oxygens (including phenoxy) is 3. The summed E-state index contributed by atoms with van der Waals surface area (Å²) in [5, 5.41) is 11.5. The van der Waals surface area contributed by atoms with Gasteiger partial charge in [-0.2, -0.15) is 0 Å². The summed E-state index contributed by atoms with van der Waals surface area (Å²) in [6.07, 6.45) is -0.897. The van der Waals surface area contributed by atoms with E-state index in [9.17, 15) is 19.7 Å². The lowest BCUT2D eigenvalue weighted by Crippen LogP contribution is -2.11. The van der Waals surface area contributed by atoms with Crippen LogP contribution in [0.2, 0.25) is 0 Å². The minimum atomic E-state index is -0.897. The molecule has 1 aromatic heterocycles. The number of benzene rings is 1. The Hall–Kier alpha value is -3.10. The Bertz CT molecular complexity index is 870. The quantitative estimate of drug-likeness (QED) is 0.353. The zero-order valence-electron chi connectivity index (χ0n) is 13.4. The van der Waals surface area contributed by atoms with E-state index in [1.54, 1.807) is 0 Å². The van der Waals surface area contributed by atoms with Crippen molar-refractivity contribution in [2.24, 2.45) is 0 Å². The number of carbonyl (C=O) groups excluding carboxylic acids is 1. The van der Waals surface area contributed by atoms with E-state index in [1.165, 1.54) is 28.1 Å². The lowest BCUT2D eigenvalue weighted by Gasteiger charge is -2.16. The number of nitrogens with zero attached hydrogens (tertiary/aromatic N) is 1. The van der Waals surface area contributed by atoms with Gasteiger partial charge in [-0.3, -0.25) is 14.9 Å². The summed E-state index contributed by atoms with van der Waals surface area (Å²) in [6.45, 7) is 2.69. The molecule has 1 heterocycles. The Morgan fingerprint density at radius 3 is 2.46 bits per heavy atom. The summed E-state index contributed by atoms with van der Waals surface area (Å²) in [6, 6.07) is 2.21. The van der Waals surface area contributed by atoms with E-state index in [1.807, 2.05) is 0 Å². The zero-order chi connectivity index (χ0) is 18.0. The highest BCUT2D eigenvalue weighted by molar-refractivity contribution is 5.96. The highest BCUT2D eigenvalue weighted by Gasteiger charge is 2.28. The van der Waals surface area contributed by atoms with Crippen LogP contribution in [0.3, 0.4) is 0 Å². The van der Waals surface area contributed by atoms with Crippen LogP contribution in [0.5, 0.6) is 11.5 Å². The molecule has 128 valence electrons. The molecule has 1 aromatic carbocycles. The van der Waals surface area contributed by atoms with E-state index in [-0.39, 0.29) is 33.7 Å². The molecule has 0 bridgehead atoms. The molecule has 1 atom stereocenters. The highest BCUT2D eigenvalue weighted by atomic mass is 16.6. The van der Waals surface area contributed by atoms with Crippen molar-refractivity contribution in [1.82, 2.24) is 0 Å². The van der Waals surface area contributed by atoms with Crippen molar-refractivity contribution < 1.29 is 28.3 Å². The van der Waals surface area contributed by atoms with Gasteiger partial charge < -0.3 is 18.6 Å². The van der Waals surface area contributed by atoms with Gasteiger partial charge in [0.1, 0.15) is 11.5 Å². The molecular weight excluding hydrogens is 322 g/mol. The number of non-ortho nitro benzene ring substituents is 1. The summed E-state index contributed by atoms with van der Waals surface area (Å²) in [5.41, 5.74) is -1.13. The summed E-state index contributed by atoms with van der Waals surface area (Å²) >= 11 is 0. The maximum Gasteiger partial charge on any atom is 0.336 e. The monoisotopic (exact) mass is 337 g/mol. The van der Waals surface area contributed by atoms with Crippen molar-refractivity contribution in [3.8, 4) is 11.5 Å². The van der Waals surface area contributed by atoms with Crippen molar-refractivity contribution in [2.45, 2.75) is 20.0 Å². The SMILES string of the molecule is COc1cc([N+](=O)[O-])c2c(C(C)OC(C)=O)cc(=O)oc2c1OC. The molecule has 9 nitrogen and oxygen atoms in total. The minimum Gasteiger partial charge on any atom is -0.492 e. The van der Waals surface area contributed by atoms with E-state index in [0.29, 0.717) is 0 Å². The van der Waals surface area contributed by atoms with Gasteiger partial charge in [0.25, 0.3) is 5.69 Å². The number of fused-ring (bicyclic) bond motifs is 1. The second kappa shape index (κ2) is 6.57. The molecule has 0 fully saturated rings. The summed E-state index contributed by atoms with van der Waals surface area (Å²) in [7, 11) is 2.61. The van der Waals surface area contributed by atoms with Gasteiger partial charge in [-0.1, -0.05) is 0 Å². The van der Waals surface area contributed by atoms with Crippen LogP contribution in [0.25, 0.3) is 11.0 Å². The van der Waals surface area contributed by atoms with E-state index in [4.69, 9.17) is 18.6 Å². The number of esters is 1. The number of nitro groups is 1. The first-order valence-corrected chi connectivity index (χ1v) is 6.84. The van der Waals surface area contributed by atoms with Gasteiger partial charge in [0, 0.05) is 18.6 Å². The van der Waals surface area contributed by atoms with Gasteiger partial charge in [-0.15, -0.1) is 0 Å². The molecule has 1 unspecified atom stereocenters. The Morgan fingerprint density at radius 1 is 1.29 bits per heavy atom. The molecule has 0 N–H and O–H groups in total. The lowest BCUT2D eigenvalue weighted by molar-refractivity contribution is -0.383. The first kappa shape index (κ1) is 17.3. The van der Waals surface area contributed by atoms with Crippen LogP contribution in [-0.2, 0) is 9.53 Å². The number of methoxy groups -OCH3 is 2. The van der Waals surface area contributed by atoms with Crippen LogP contribution in [0, 0.1) is 10.1 Å². The summed E-state index contributed by atoms with van der Waals surface area (Å²) in [5.74, 6) is -0.517. The second-order valence-corrected chi connectivity index (χ2v) is 4.86. The van der Waals surface area contributed by atoms with Gasteiger partial charge >= 0.3 is 11.6 Å². The van der Waals surface area contributed by atoms with Crippen molar-refractivity contribution in [3.63, 3.8) is 0 Å². The number of hydrogen-bond donors (Lipinski definition) is 0. The highest BCUT2D eigenvalue weighted by Crippen LogP contribution is 2.43. The van der Waals surface area contributed by atoms with E-state index in [0.717, 1.165) is 12.1 Å². The van der Waals surface area contributed by atoms with Crippen molar-refractivity contribution in [1.29, 1.82) is 0 Å². The van der Waals surface area contributed by atoms with Gasteiger partial charge in [-0.25, -0.2) is 4.79 Å². The van der Waals surface area contributed by atoms with E-state index < -0.39 is 22.6 Å². The third-order valence-corrected chi connectivity index (χ3v) is 3.35.